The third-order valence-corrected chi connectivity index (χ3v) is 0. The molecule has 0 fully saturated rings. The predicted octanol–water partition coefficient (Wildman–Crippen LogP) is 0.719. The summed E-state index contributed by atoms with van der Waals surface area (Å²) in [5.74, 6) is 0. The van der Waals surface area contributed by atoms with Crippen molar-refractivity contribution in [3.63, 3.8) is 0 Å². The van der Waals surface area contributed by atoms with E-state index in [0.29, 0.717) is 0 Å². The van der Waals surface area contributed by atoms with E-state index in [1.807, 2.05) is 0 Å². The van der Waals surface area contributed by atoms with Crippen LogP contribution in [0.5, 0.6) is 0 Å². The van der Waals surface area contributed by atoms with Gasteiger partial charge in [0.25, 0.3) is 0 Å². The van der Waals surface area contributed by atoms with Gasteiger partial charge in [-0.2, -0.15) is 0 Å². The number of rotatable bonds is 0. The molecule has 0 aromatic heterocycles. The second-order valence-corrected chi connectivity index (χ2v) is 0. The van der Waals surface area contributed by atoms with E-state index < -0.39 is 0 Å². The van der Waals surface area contributed by atoms with Gasteiger partial charge in [0.1, 0.15) is 0 Å². The first kappa shape index (κ1) is 8.83. The summed E-state index contributed by atoms with van der Waals surface area (Å²) < 4.78 is 8.38. The molecule has 2 heteroatoms. The molecule has 0 spiro atoms. The van der Waals surface area contributed by atoms with E-state index >= 15 is 0 Å². The van der Waals surface area contributed by atoms with Gasteiger partial charge in [0.15, 0.2) is 0 Å². The van der Waals surface area contributed by atoms with Crippen molar-refractivity contribution in [3.05, 3.63) is 6.92 Å². The third kappa shape index (κ3) is 27.4. The summed E-state index contributed by atoms with van der Waals surface area (Å²) in [6.45, 7) is 5.00. The Hall–Kier alpha value is 0.423. The van der Waals surface area contributed by atoms with Crippen LogP contribution in [0.25, 0.3) is 0 Å². The maximum absolute atomic E-state index is 8.38. The number of hydrogen-bond donors (Lipinski definition) is 0. The molecule has 1 radical (unpaired) electrons. The fraction of sp³-hybridized carbons (Fsp3) is 0.500. The van der Waals surface area contributed by atoms with Crippen molar-refractivity contribution >= 4 is 0 Å². The Balaban J connectivity index is 0. The molecule has 0 aromatic carbocycles. The molecule has 0 unspecified atom stereocenters. The monoisotopic (exact) mass is 109 g/mol. The Morgan fingerprint density at radius 3 is 1.50 bits per heavy atom. The minimum atomic E-state index is 0.125. The average molecular weight is 110 g/mol. The van der Waals surface area contributed by atoms with Crippen LogP contribution in [0.15, 0.2) is 0 Å². The zero-order valence-corrected chi connectivity index (χ0v) is 5.79. The maximum atomic E-state index is 8.38. The minimum absolute atomic E-state index is 0.125. The molecule has 0 heterocycles. The van der Waals surface area contributed by atoms with Crippen LogP contribution in [0.2, 0.25) is 0 Å². The number of hydrogen-bond acceptors (Lipinski definition) is 1. The molecule has 0 aliphatic rings. The van der Waals surface area contributed by atoms with E-state index in [1.165, 1.54) is 0 Å². The van der Waals surface area contributed by atoms with Crippen molar-refractivity contribution in [2.24, 2.45) is 0 Å². The summed E-state index contributed by atoms with van der Waals surface area (Å²) in [5.41, 5.74) is 0. The van der Waals surface area contributed by atoms with E-state index in [2.05, 4.69) is 6.92 Å². The van der Waals surface area contributed by atoms with Gasteiger partial charge in [0.05, 0.1) is 0 Å². The van der Waals surface area contributed by atoms with E-state index in [-0.39, 0.29) is 18.3 Å². The summed E-state index contributed by atoms with van der Waals surface area (Å²) in [6, 6.07) is 0. The Kier molecular flexibility index (Phi) is 248. The molecule has 0 rings (SSSR count). The first-order valence-corrected chi connectivity index (χ1v) is 2.21. The zero-order valence-electron chi connectivity index (χ0n) is 2.82. The van der Waals surface area contributed by atoms with Gasteiger partial charge in [0, 0.05) is 0 Å². The summed E-state index contributed by atoms with van der Waals surface area (Å²) in [5, 5.41) is 0. The molecule has 0 atom stereocenters. The van der Waals surface area contributed by atoms with E-state index in [9.17, 15) is 0 Å². The molecule has 4 heavy (non-hydrogen) atoms. The molecule has 0 aliphatic carbocycles. The molecular weight excluding hydrogens is 105 g/mol. The molecule has 21 valence electrons. The second kappa shape index (κ2) is 112. The van der Waals surface area contributed by atoms with E-state index in [4.69, 9.17) is 3.57 Å². The normalized spacial score (nSPS) is 3.00. The molecule has 1 nitrogen and oxygen atoms in total. The summed E-state index contributed by atoms with van der Waals surface area (Å²) in [6.07, 6.45) is 0. The van der Waals surface area contributed by atoms with Crippen LogP contribution in [-0.2, 0) is 21.8 Å². The van der Waals surface area contributed by atoms with Crippen molar-refractivity contribution < 1.29 is 21.8 Å². The molecule has 0 amide bonds. The van der Waals surface area contributed by atoms with Crippen LogP contribution in [-0.4, -0.2) is 0 Å². The summed E-state index contributed by atoms with van der Waals surface area (Å²) in [7, 11) is 0. The van der Waals surface area contributed by atoms with Gasteiger partial charge in [-0.15, -0.1) is 0 Å². The molecule has 0 bridgehead atoms. The molecule has 0 aliphatic heterocycles. The van der Waals surface area contributed by atoms with Gasteiger partial charge < -0.3 is 0 Å². The van der Waals surface area contributed by atoms with E-state index in [0.717, 1.165) is 0 Å². The molecule has 0 N–H and O–H groups in total. The van der Waals surface area contributed by atoms with Crippen LogP contribution in [0.3, 0.4) is 0 Å². The summed E-state index contributed by atoms with van der Waals surface area (Å²) >= 11 is 0.125. The van der Waals surface area contributed by atoms with Crippen molar-refractivity contribution in [2.75, 3.05) is 0 Å². The molecule has 0 saturated carbocycles. The third-order valence-electron chi connectivity index (χ3n) is 0. The molecular formula is C2H5OZn. The zero-order chi connectivity index (χ0) is 4.00. The summed E-state index contributed by atoms with van der Waals surface area (Å²) in [4.78, 5) is 0. The Morgan fingerprint density at radius 2 is 1.50 bits per heavy atom. The SMILES string of the molecule is [CH2]C.[O]=[Zn]. The fourth-order valence-electron chi connectivity index (χ4n) is 0. The Morgan fingerprint density at radius 1 is 1.50 bits per heavy atom. The Bertz CT molecular complexity index is 6.00. The van der Waals surface area contributed by atoms with Crippen molar-refractivity contribution in [3.8, 4) is 0 Å². The van der Waals surface area contributed by atoms with Crippen molar-refractivity contribution in [2.45, 2.75) is 6.92 Å². The van der Waals surface area contributed by atoms with Crippen molar-refractivity contribution in [1.82, 2.24) is 0 Å². The van der Waals surface area contributed by atoms with Gasteiger partial charge in [0.2, 0.25) is 0 Å². The van der Waals surface area contributed by atoms with E-state index in [1.54, 1.807) is 6.92 Å². The predicted molar refractivity (Wildman–Crippen MR) is 11.7 cm³/mol. The fourth-order valence-corrected chi connectivity index (χ4v) is 0. The van der Waals surface area contributed by atoms with Crippen LogP contribution in [0.1, 0.15) is 6.92 Å². The Labute approximate surface area is 36.3 Å². The van der Waals surface area contributed by atoms with Gasteiger partial charge in [-0.05, 0) is 0 Å². The standard InChI is InChI=1S/C2H5.O.Zn/c1-2;;/h1H2,2H3;;. The quantitative estimate of drug-likeness (QED) is 0.420. The first-order chi connectivity index (χ1) is 2.00. The van der Waals surface area contributed by atoms with Gasteiger partial charge in [-0.1, -0.05) is 13.8 Å². The first-order valence-electron chi connectivity index (χ1n) is 0.996. The molecule has 0 aromatic rings. The average Bonchev–Trinajstić information content (AvgIpc) is 1.50. The second-order valence-electron chi connectivity index (χ2n) is 0. The van der Waals surface area contributed by atoms with Crippen LogP contribution >= 0.6 is 0 Å². The van der Waals surface area contributed by atoms with Crippen LogP contribution in [0, 0.1) is 6.92 Å². The van der Waals surface area contributed by atoms with Gasteiger partial charge in [-0.3, -0.25) is 0 Å². The van der Waals surface area contributed by atoms with Crippen molar-refractivity contribution in [1.29, 1.82) is 0 Å². The van der Waals surface area contributed by atoms with Crippen LogP contribution < -0.4 is 0 Å². The topological polar surface area (TPSA) is 17.1 Å². The van der Waals surface area contributed by atoms with Gasteiger partial charge in [-0.25, -0.2) is 0 Å². The molecule has 0 saturated heterocycles. The van der Waals surface area contributed by atoms with Crippen LogP contribution in [0.4, 0.5) is 0 Å². The van der Waals surface area contributed by atoms with Gasteiger partial charge >= 0.3 is 21.8 Å².